The minimum absolute atomic E-state index is 0.0835. The molecule has 1 amide bonds. The van der Waals surface area contributed by atoms with Gasteiger partial charge < -0.3 is 15.4 Å². The molecule has 2 N–H and O–H groups in total. The van der Waals surface area contributed by atoms with Gasteiger partial charge in [0.25, 0.3) is 0 Å². The number of ether oxygens (including phenoxy) is 1. The molecular weight excluding hydrogens is 310 g/mol. The van der Waals surface area contributed by atoms with Gasteiger partial charge in [-0.05, 0) is 40.5 Å². The summed E-state index contributed by atoms with van der Waals surface area (Å²) in [6.45, 7) is 0.684. The van der Waals surface area contributed by atoms with Crippen molar-refractivity contribution in [2.75, 3.05) is 19.0 Å². The number of anilines is 1. The Morgan fingerprint density at radius 1 is 1.63 bits per heavy atom. The summed E-state index contributed by atoms with van der Waals surface area (Å²) in [5, 5.41) is 14.7. The lowest BCUT2D eigenvalue weighted by Gasteiger charge is -2.12. The van der Waals surface area contributed by atoms with E-state index in [1.807, 2.05) is 6.07 Å². The largest absolute Gasteiger partial charge is 0.380 e. The second kappa shape index (κ2) is 6.15. The third-order valence-electron chi connectivity index (χ3n) is 3.10. The summed E-state index contributed by atoms with van der Waals surface area (Å²) in [5.74, 6) is -0.0926. The van der Waals surface area contributed by atoms with Crippen molar-refractivity contribution in [3.05, 3.63) is 28.2 Å². The lowest BCUT2D eigenvalue weighted by atomic mass is 10.1. The molecule has 6 heteroatoms. The van der Waals surface area contributed by atoms with Crippen molar-refractivity contribution >= 4 is 27.5 Å². The van der Waals surface area contributed by atoms with Crippen LogP contribution in [0.2, 0.25) is 0 Å². The van der Waals surface area contributed by atoms with Crippen LogP contribution in [0.3, 0.4) is 0 Å². The first-order valence-corrected chi connectivity index (χ1v) is 6.70. The van der Waals surface area contributed by atoms with Crippen LogP contribution in [0.15, 0.2) is 22.7 Å². The topological polar surface area (TPSA) is 74.2 Å². The molecule has 0 aromatic heterocycles. The van der Waals surface area contributed by atoms with Gasteiger partial charge in [-0.1, -0.05) is 0 Å². The zero-order valence-electron chi connectivity index (χ0n) is 10.4. The fourth-order valence-electron chi connectivity index (χ4n) is 1.99. The Morgan fingerprint density at radius 2 is 2.42 bits per heavy atom. The maximum absolute atomic E-state index is 12.1. The number of benzene rings is 1. The Bertz CT molecular complexity index is 527. The quantitative estimate of drug-likeness (QED) is 0.886. The highest BCUT2D eigenvalue weighted by atomic mass is 79.9. The molecule has 1 aromatic rings. The van der Waals surface area contributed by atoms with E-state index in [9.17, 15) is 4.79 Å². The molecule has 1 aromatic carbocycles. The lowest BCUT2D eigenvalue weighted by molar-refractivity contribution is -0.118. The van der Waals surface area contributed by atoms with Crippen molar-refractivity contribution in [3.63, 3.8) is 0 Å². The third-order valence-corrected chi connectivity index (χ3v) is 3.75. The molecule has 1 aliphatic rings. The second-order valence-electron chi connectivity index (χ2n) is 4.35. The van der Waals surface area contributed by atoms with Crippen LogP contribution in [0, 0.1) is 11.3 Å². The molecule has 19 heavy (non-hydrogen) atoms. The number of carbonyl (C=O) groups is 1. The van der Waals surface area contributed by atoms with Crippen LogP contribution in [0.4, 0.5) is 5.69 Å². The van der Waals surface area contributed by atoms with Crippen molar-refractivity contribution < 1.29 is 9.53 Å². The van der Waals surface area contributed by atoms with Crippen molar-refractivity contribution in [1.29, 1.82) is 5.26 Å². The van der Waals surface area contributed by atoms with E-state index < -0.39 is 0 Å². The third kappa shape index (κ3) is 3.32. The van der Waals surface area contributed by atoms with E-state index in [1.54, 1.807) is 25.3 Å². The molecule has 2 atom stereocenters. The summed E-state index contributed by atoms with van der Waals surface area (Å²) in [6.07, 6.45) is 0.746. The number of nitrogens with one attached hydrogen (secondary N) is 2. The number of carbonyl (C=O) groups excluding carboxylic acids is 1. The number of nitrogens with zero attached hydrogens (tertiary/aromatic N) is 1. The molecule has 1 saturated heterocycles. The van der Waals surface area contributed by atoms with Crippen LogP contribution in [0.25, 0.3) is 0 Å². The summed E-state index contributed by atoms with van der Waals surface area (Å²) in [4.78, 5) is 12.1. The Balaban J connectivity index is 2.02. The molecule has 0 spiro atoms. The predicted molar refractivity (Wildman–Crippen MR) is 74.7 cm³/mol. The van der Waals surface area contributed by atoms with E-state index in [4.69, 9.17) is 10.00 Å². The van der Waals surface area contributed by atoms with Gasteiger partial charge in [0.2, 0.25) is 5.91 Å². The van der Waals surface area contributed by atoms with Crippen molar-refractivity contribution in [2.45, 2.75) is 18.6 Å². The summed E-state index contributed by atoms with van der Waals surface area (Å²) in [6, 6.07) is 6.86. The molecule has 0 radical (unpaired) electrons. The van der Waals surface area contributed by atoms with Crippen LogP contribution in [0.1, 0.15) is 12.0 Å². The first-order chi connectivity index (χ1) is 9.13. The van der Waals surface area contributed by atoms with Crippen molar-refractivity contribution in [1.82, 2.24) is 5.32 Å². The molecule has 2 unspecified atom stereocenters. The Hall–Kier alpha value is -1.42. The minimum Gasteiger partial charge on any atom is -0.380 e. The maximum Gasteiger partial charge on any atom is 0.241 e. The van der Waals surface area contributed by atoms with Crippen LogP contribution in [-0.4, -0.2) is 31.7 Å². The zero-order valence-corrected chi connectivity index (χ0v) is 12.0. The highest BCUT2D eigenvalue weighted by molar-refractivity contribution is 9.10. The SMILES string of the molecule is COC1CNC(C(=O)Nc2ccc(C#N)cc2Br)C1. The minimum atomic E-state index is -0.243. The normalized spacial score (nSPS) is 21.9. The molecule has 5 nitrogen and oxygen atoms in total. The zero-order chi connectivity index (χ0) is 13.8. The molecular formula is C13H14BrN3O2. The van der Waals surface area contributed by atoms with Crippen LogP contribution >= 0.6 is 15.9 Å². The van der Waals surface area contributed by atoms with Gasteiger partial charge in [-0.25, -0.2) is 0 Å². The molecule has 1 heterocycles. The number of hydrogen-bond acceptors (Lipinski definition) is 4. The summed E-state index contributed by atoms with van der Waals surface area (Å²) in [5.41, 5.74) is 1.20. The molecule has 0 saturated carbocycles. The van der Waals surface area contributed by atoms with Gasteiger partial charge in [-0.15, -0.1) is 0 Å². The summed E-state index contributed by atoms with van der Waals surface area (Å²) < 4.78 is 5.90. The summed E-state index contributed by atoms with van der Waals surface area (Å²) in [7, 11) is 1.64. The number of hydrogen-bond donors (Lipinski definition) is 2. The Morgan fingerprint density at radius 3 is 3.00 bits per heavy atom. The average molecular weight is 324 g/mol. The Labute approximate surface area is 120 Å². The van der Waals surface area contributed by atoms with Gasteiger partial charge >= 0.3 is 0 Å². The monoisotopic (exact) mass is 323 g/mol. The van der Waals surface area contributed by atoms with E-state index in [2.05, 4.69) is 26.6 Å². The fraction of sp³-hybridized carbons (Fsp3) is 0.385. The van der Waals surface area contributed by atoms with Crippen molar-refractivity contribution in [3.8, 4) is 6.07 Å². The number of methoxy groups -OCH3 is 1. The molecule has 1 aliphatic heterocycles. The van der Waals surface area contributed by atoms with Crippen LogP contribution < -0.4 is 10.6 Å². The van der Waals surface area contributed by atoms with E-state index in [0.717, 1.165) is 0 Å². The van der Waals surface area contributed by atoms with Crippen LogP contribution in [-0.2, 0) is 9.53 Å². The van der Waals surface area contributed by atoms with Gasteiger partial charge in [-0.3, -0.25) is 4.79 Å². The van der Waals surface area contributed by atoms with Crippen LogP contribution in [0.5, 0.6) is 0 Å². The van der Waals surface area contributed by atoms with E-state index >= 15 is 0 Å². The van der Waals surface area contributed by atoms with E-state index in [0.29, 0.717) is 28.7 Å². The van der Waals surface area contributed by atoms with Gasteiger partial charge in [0.05, 0.1) is 29.5 Å². The van der Waals surface area contributed by atoms with E-state index in [-0.39, 0.29) is 18.1 Å². The highest BCUT2D eigenvalue weighted by Gasteiger charge is 2.29. The molecule has 0 bridgehead atoms. The highest BCUT2D eigenvalue weighted by Crippen LogP contribution is 2.24. The Kier molecular flexibility index (Phi) is 4.53. The van der Waals surface area contributed by atoms with Gasteiger partial charge in [0.15, 0.2) is 0 Å². The molecule has 2 rings (SSSR count). The van der Waals surface area contributed by atoms with Crippen molar-refractivity contribution in [2.24, 2.45) is 0 Å². The summed E-state index contributed by atoms with van der Waals surface area (Å²) >= 11 is 3.34. The first kappa shape index (κ1) is 14.0. The van der Waals surface area contributed by atoms with Gasteiger partial charge in [-0.2, -0.15) is 5.26 Å². The van der Waals surface area contributed by atoms with Gasteiger partial charge in [0.1, 0.15) is 0 Å². The lowest BCUT2D eigenvalue weighted by Crippen LogP contribution is -2.35. The predicted octanol–water partition coefficient (Wildman–Crippen LogP) is 1.64. The standard InChI is InChI=1S/C13H14BrN3O2/c1-19-9-5-12(16-7-9)13(18)17-11-3-2-8(6-15)4-10(11)14/h2-4,9,12,16H,5,7H2,1H3,(H,17,18). The molecule has 0 aliphatic carbocycles. The average Bonchev–Trinajstić information content (AvgIpc) is 2.90. The molecule has 100 valence electrons. The first-order valence-electron chi connectivity index (χ1n) is 5.90. The number of halogens is 1. The van der Waals surface area contributed by atoms with Gasteiger partial charge in [0, 0.05) is 18.1 Å². The number of rotatable bonds is 3. The number of amides is 1. The smallest absolute Gasteiger partial charge is 0.241 e. The second-order valence-corrected chi connectivity index (χ2v) is 5.20. The molecule has 1 fully saturated rings. The maximum atomic E-state index is 12.1. The number of nitriles is 1. The van der Waals surface area contributed by atoms with E-state index in [1.165, 1.54) is 0 Å². The fourth-order valence-corrected chi connectivity index (χ4v) is 2.47.